The highest BCUT2D eigenvalue weighted by Gasteiger charge is 2.42. The lowest BCUT2D eigenvalue weighted by Gasteiger charge is -2.25. The molecule has 20 heavy (non-hydrogen) atoms. The molecule has 0 unspecified atom stereocenters. The van der Waals surface area contributed by atoms with Gasteiger partial charge < -0.3 is 9.67 Å². The van der Waals surface area contributed by atoms with Crippen LogP contribution in [-0.4, -0.2) is 20.6 Å². The Morgan fingerprint density at radius 1 is 1.35 bits per heavy atom. The van der Waals surface area contributed by atoms with Crippen LogP contribution in [-0.2, 0) is 10.2 Å². The highest BCUT2D eigenvalue weighted by molar-refractivity contribution is 5.82. The van der Waals surface area contributed by atoms with Crippen molar-refractivity contribution in [3.63, 3.8) is 0 Å². The maximum absolute atomic E-state index is 11.8. The van der Waals surface area contributed by atoms with E-state index in [9.17, 15) is 9.90 Å². The molecule has 1 aromatic carbocycles. The van der Waals surface area contributed by atoms with E-state index in [0.717, 1.165) is 42.8 Å². The molecule has 0 bridgehead atoms. The fraction of sp³-hybridized carbons (Fsp3) is 0.375. The minimum atomic E-state index is -0.704. The first-order valence-electron chi connectivity index (χ1n) is 6.98. The SMILES string of the molecule is Cc1nccn1-c1cccc(C2(C(=O)O)CCCC2)c1. The second-order valence-electron chi connectivity index (χ2n) is 5.49. The van der Waals surface area contributed by atoms with Crippen LogP contribution in [0, 0.1) is 6.92 Å². The van der Waals surface area contributed by atoms with E-state index < -0.39 is 11.4 Å². The molecule has 0 radical (unpaired) electrons. The molecule has 1 fully saturated rings. The molecule has 1 aliphatic carbocycles. The smallest absolute Gasteiger partial charge is 0.314 e. The number of aryl methyl sites for hydroxylation is 1. The van der Waals surface area contributed by atoms with Gasteiger partial charge in [0.1, 0.15) is 5.82 Å². The van der Waals surface area contributed by atoms with Crippen molar-refractivity contribution in [2.75, 3.05) is 0 Å². The summed E-state index contributed by atoms with van der Waals surface area (Å²) in [6.07, 6.45) is 7.09. The molecule has 1 heterocycles. The monoisotopic (exact) mass is 270 g/mol. The van der Waals surface area contributed by atoms with E-state index in [1.54, 1.807) is 6.20 Å². The Balaban J connectivity index is 2.07. The third kappa shape index (κ3) is 1.92. The molecular weight excluding hydrogens is 252 g/mol. The summed E-state index contributed by atoms with van der Waals surface area (Å²) in [5.74, 6) is 0.201. The molecule has 1 saturated carbocycles. The third-order valence-corrected chi connectivity index (χ3v) is 4.37. The van der Waals surface area contributed by atoms with Crippen LogP contribution < -0.4 is 0 Å². The molecule has 3 rings (SSSR count). The molecule has 4 heteroatoms. The normalized spacial score (nSPS) is 17.2. The molecule has 1 aromatic heterocycles. The van der Waals surface area contributed by atoms with Crippen LogP contribution in [0.25, 0.3) is 5.69 Å². The van der Waals surface area contributed by atoms with Crippen molar-refractivity contribution in [1.29, 1.82) is 0 Å². The minimum absolute atomic E-state index is 0.700. The van der Waals surface area contributed by atoms with Crippen molar-refractivity contribution in [2.24, 2.45) is 0 Å². The topological polar surface area (TPSA) is 55.1 Å². The van der Waals surface area contributed by atoms with Crippen LogP contribution >= 0.6 is 0 Å². The molecule has 0 spiro atoms. The van der Waals surface area contributed by atoms with Gasteiger partial charge in [0.2, 0.25) is 0 Å². The first-order valence-corrected chi connectivity index (χ1v) is 6.98. The molecule has 104 valence electrons. The summed E-state index contributed by atoms with van der Waals surface area (Å²) >= 11 is 0. The number of carbonyl (C=O) groups is 1. The summed E-state index contributed by atoms with van der Waals surface area (Å²) in [6, 6.07) is 7.86. The lowest BCUT2D eigenvalue weighted by Crippen LogP contribution is -2.32. The molecule has 0 aliphatic heterocycles. The predicted octanol–water partition coefficient (Wildman–Crippen LogP) is 3.08. The zero-order chi connectivity index (χ0) is 14.2. The Labute approximate surface area is 118 Å². The van der Waals surface area contributed by atoms with Crippen molar-refractivity contribution < 1.29 is 9.90 Å². The second kappa shape index (κ2) is 4.78. The van der Waals surface area contributed by atoms with Crippen LogP contribution in [0.15, 0.2) is 36.7 Å². The van der Waals surface area contributed by atoms with E-state index >= 15 is 0 Å². The fourth-order valence-corrected chi connectivity index (χ4v) is 3.21. The Hall–Kier alpha value is -2.10. The molecule has 1 N–H and O–H groups in total. The summed E-state index contributed by atoms with van der Waals surface area (Å²) in [7, 11) is 0. The summed E-state index contributed by atoms with van der Waals surface area (Å²) < 4.78 is 1.98. The van der Waals surface area contributed by atoms with Crippen LogP contribution in [0.5, 0.6) is 0 Å². The third-order valence-electron chi connectivity index (χ3n) is 4.37. The number of imidazole rings is 1. The first-order chi connectivity index (χ1) is 9.63. The molecule has 0 saturated heterocycles. The highest BCUT2D eigenvalue weighted by atomic mass is 16.4. The van der Waals surface area contributed by atoms with Crippen LogP contribution in [0.3, 0.4) is 0 Å². The standard InChI is InChI=1S/C16H18N2O2/c1-12-17-9-10-18(12)14-6-4-5-13(11-14)16(15(19)20)7-2-3-8-16/h4-6,9-11H,2-3,7-8H2,1H3,(H,19,20). The number of hydrogen-bond donors (Lipinski definition) is 1. The average molecular weight is 270 g/mol. The van der Waals surface area contributed by atoms with Crippen molar-refractivity contribution >= 4 is 5.97 Å². The van der Waals surface area contributed by atoms with Crippen molar-refractivity contribution in [1.82, 2.24) is 9.55 Å². The number of benzene rings is 1. The molecule has 4 nitrogen and oxygen atoms in total. The molecule has 1 aliphatic rings. The van der Waals surface area contributed by atoms with Gasteiger partial charge in [-0.25, -0.2) is 4.98 Å². The van der Waals surface area contributed by atoms with Gasteiger partial charge in [-0.05, 0) is 37.5 Å². The number of aliphatic carboxylic acids is 1. The highest BCUT2D eigenvalue weighted by Crippen LogP contribution is 2.41. The average Bonchev–Trinajstić information content (AvgIpc) is 3.08. The zero-order valence-corrected chi connectivity index (χ0v) is 11.5. The van der Waals surface area contributed by atoms with Gasteiger partial charge in [0.05, 0.1) is 5.41 Å². The minimum Gasteiger partial charge on any atom is -0.481 e. The molecule has 2 aromatic rings. The Morgan fingerprint density at radius 3 is 2.70 bits per heavy atom. The Morgan fingerprint density at radius 2 is 2.10 bits per heavy atom. The van der Waals surface area contributed by atoms with Crippen molar-refractivity contribution in [3.8, 4) is 5.69 Å². The van der Waals surface area contributed by atoms with E-state index in [-0.39, 0.29) is 0 Å². The number of rotatable bonds is 3. The van der Waals surface area contributed by atoms with Gasteiger partial charge in [-0.3, -0.25) is 4.79 Å². The van der Waals surface area contributed by atoms with E-state index in [1.807, 2.05) is 42.0 Å². The largest absolute Gasteiger partial charge is 0.481 e. The van der Waals surface area contributed by atoms with Gasteiger partial charge in [-0.1, -0.05) is 25.0 Å². The number of carboxylic acids is 1. The van der Waals surface area contributed by atoms with Crippen molar-refractivity contribution in [2.45, 2.75) is 38.0 Å². The summed E-state index contributed by atoms with van der Waals surface area (Å²) in [4.78, 5) is 16.0. The number of nitrogens with zero attached hydrogens (tertiary/aromatic N) is 2. The lowest BCUT2D eigenvalue weighted by atomic mass is 9.79. The summed E-state index contributed by atoms with van der Waals surface area (Å²) in [6.45, 7) is 1.94. The number of hydrogen-bond acceptors (Lipinski definition) is 2. The number of carboxylic acid groups (broad SMARTS) is 1. The van der Waals surface area contributed by atoms with Crippen LogP contribution in [0.4, 0.5) is 0 Å². The maximum atomic E-state index is 11.8. The van der Waals surface area contributed by atoms with Gasteiger partial charge in [0.15, 0.2) is 0 Å². The van der Waals surface area contributed by atoms with Gasteiger partial charge in [0.25, 0.3) is 0 Å². The summed E-state index contributed by atoms with van der Waals surface area (Å²) in [5.41, 5.74) is 1.18. The van der Waals surface area contributed by atoms with Gasteiger partial charge in [-0.15, -0.1) is 0 Å². The number of aromatic nitrogens is 2. The van der Waals surface area contributed by atoms with Crippen LogP contribution in [0.1, 0.15) is 37.1 Å². The first kappa shape index (κ1) is 12.9. The van der Waals surface area contributed by atoms with Gasteiger partial charge in [-0.2, -0.15) is 0 Å². The predicted molar refractivity (Wildman–Crippen MR) is 76.1 cm³/mol. The van der Waals surface area contributed by atoms with Crippen molar-refractivity contribution in [3.05, 3.63) is 48.0 Å². The summed E-state index contributed by atoms with van der Waals surface area (Å²) in [5, 5.41) is 9.67. The van der Waals surface area contributed by atoms with Crippen LogP contribution in [0.2, 0.25) is 0 Å². The van der Waals surface area contributed by atoms with Gasteiger partial charge in [0, 0.05) is 18.1 Å². The van der Waals surface area contributed by atoms with E-state index in [2.05, 4.69) is 4.98 Å². The van der Waals surface area contributed by atoms with E-state index in [1.165, 1.54) is 0 Å². The Kier molecular flexibility index (Phi) is 3.08. The fourth-order valence-electron chi connectivity index (χ4n) is 3.21. The van der Waals surface area contributed by atoms with Gasteiger partial charge >= 0.3 is 5.97 Å². The molecule has 0 atom stereocenters. The second-order valence-corrected chi connectivity index (χ2v) is 5.49. The maximum Gasteiger partial charge on any atom is 0.314 e. The Bertz CT molecular complexity index is 639. The lowest BCUT2D eigenvalue weighted by molar-refractivity contribution is -0.143. The molecule has 0 amide bonds. The quantitative estimate of drug-likeness (QED) is 0.932. The molecular formula is C16H18N2O2. The van der Waals surface area contributed by atoms with E-state index in [4.69, 9.17) is 0 Å². The zero-order valence-electron chi connectivity index (χ0n) is 11.5. The van der Waals surface area contributed by atoms with E-state index in [0.29, 0.717) is 0 Å².